The van der Waals surface area contributed by atoms with Gasteiger partial charge in [-0.25, -0.2) is 4.98 Å². The summed E-state index contributed by atoms with van der Waals surface area (Å²) in [5.74, 6) is -0.681. The summed E-state index contributed by atoms with van der Waals surface area (Å²) in [5.41, 5.74) is 2.39. The highest BCUT2D eigenvalue weighted by Crippen LogP contribution is 2.29. The summed E-state index contributed by atoms with van der Waals surface area (Å²) in [6.45, 7) is 0.268. The second-order valence-corrected chi connectivity index (χ2v) is 7.27. The number of hydrogen-bond acceptors (Lipinski definition) is 4. The van der Waals surface area contributed by atoms with Crippen LogP contribution in [0.4, 0.5) is 13.2 Å². The lowest BCUT2D eigenvalue weighted by Crippen LogP contribution is -2.28. The number of nitrogens with zero attached hydrogens (tertiary/aromatic N) is 2. The van der Waals surface area contributed by atoms with Crippen molar-refractivity contribution in [2.45, 2.75) is 26.0 Å². The van der Waals surface area contributed by atoms with Crippen molar-refractivity contribution in [3.63, 3.8) is 0 Å². The Labute approximate surface area is 182 Å². The maximum Gasteiger partial charge on any atom is 0.573 e. The van der Waals surface area contributed by atoms with Gasteiger partial charge < -0.3 is 19.9 Å². The number of carbonyl (C=O) groups excluding carboxylic acids is 1. The van der Waals surface area contributed by atoms with E-state index in [1.807, 2.05) is 36.4 Å². The Balaban J connectivity index is 1.55. The minimum atomic E-state index is -4.83. The highest BCUT2D eigenvalue weighted by Gasteiger charge is 2.32. The molecule has 9 heteroatoms. The molecule has 4 rings (SSSR count). The number of para-hydroxylation sites is 1. The molecule has 2 aromatic carbocycles. The van der Waals surface area contributed by atoms with Gasteiger partial charge in [0.05, 0.1) is 5.52 Å². The van der Waals surface area contributed by atoms with Crippen LogP contribution in [0.2, 0.25) is 0 Å². The molecule has 4 aromatic rings. The van der Waals surface area contributed by atoms with Crippen LogP contribution >= 0.6 is 0 Å². The molecule has 0 bridgehead atoms. The number of rotatable bonds is 7. The van der Waals surface area contributed by atoms with E-state index in [1.54, 1.807) is 23.9 Å². The molecule has 6 nitrogen and oxygen atoms in total. The van der Waals surface area contributed by atoms with Crippen LogP contribution in [0.3, 0.4) is 0 Å². The van der Waals surface area contributed by atoms with Crippen molar-refractivity contribution in [3.05, 3.63) is 71.9 Å². The Kier molecular flexibility index (Phi) is 6.00. The van der Waals surface area contributed by atoms with Gasteiger partial charge in [-0.05, 0) is 36.9 Å². The molecule has 0 unspecified atom stereocenters. The van der Waals surface area contributed by atoms with Gasteiger partial charge in [0, 0.05) is 35.6 Å². The average molecular weight is 442 g/mol. The van der Waals surface area contributed by atoms with Crippen LogP contribution in [0, 0.1) is 0 Å². The van der Waals surface area contributed by atoms with E-state index in [9.17, 15) is 18.0 Å². The minimum absolute atomic E-state index is 0.0195. The van der Waals surface area contributed by atoms with Gasteiger partial charge in [0.1, 0.15) is 17.9 Å². The summed E-state index contributed by atoms with van der Waals surface area (Å²) in [6.07, 6.45) is -3.17. The summed E-state index contributed by atoms with van der Waals surface area (Å²) < 4.78 is 44.5. The maximum atomic E-state index is 12.9. The predicted molar refractivity (Wildman–Crippen MR) is 115 cm³/mol. The second kappa shape index (κ2) is 8.88. The Morgan fingerprint density at radius 3 is 2.62 bits per heavy atom. The van der Waals surface area contributed by atoms with Crippen LogP contribution in [-0.2, 0) is 24.4 Å². The fraction of sp³-hybridized carbons (Fsp3) is 0.217. The summed E-state index contributed by atoms with van der Waals surface area (Å²) >= 11 is 0. The van der Waals surface area contributed by atoms with Crippen LogP contribution in [0.1, 0.15) is 11.1 Å². The highest BCUT2D eigenvalue weighted by molar-refractivity contribution is 6.07. The number of alkyl halides is 3. The number of carbonyl (C=O) groups is 1. The first-order valence-electron chi connectivity index (χ1n) is 9.96. The Hall–Kier alpha value is -3.59. The molecule has 0 aliphatic rings. The zero-order valence-corrected chi connectivity index (χ0v) is 17.2. The fourth-order valence-electron chi connectivity index (χ4n) is 3.71. The first-order chi connectivity index (χ1) is 15.4. The minimum Gasteiger partial charge on any atom is -0.405 e. The maximum absolute atomic E-state index is 12.9. The summed E-state index contributed by atoms with van der Waals surface area (Å²) in [4.78, 5) is 17.1. The van der Waals surface area contributed by atoms with E-state index < -0.39 is 6.36 Å². The van der Waals surface area contributed by atoms with Gasteiger partial charge in [-0.15, -0.1) is 13.2 Å². The Morgan fingerprint density at radius 1 is 1.06 bits per heavy atom. The third-order valence-corrected chi connectivity index (χ3v) is 5.04. The van der Waals surface area contributed by atoms with Crippen molar-refractivity contribution in [1.82, 2.24) is 20.2 Å². The molecule has 2 N–H and O–H groups in total. The van der Waals surface area contributed by atoms with Gasteiger partial charge >= 0.3 is 6.36 Å². The molecule has 0 radical (unpaired) electrons. The number of fused-ring (bicyclic) bond motifs is 3. The number of benzene rings is 2. The normalized spacial score (nSPS) is 11.8. The highest BCUT2D eigenvalue weighted by atomic mass is 19.4. The molecule has 2 aromatic heterocycles. The zero-order chi connectivity index (χ0) is 22.7. The van der Waals surface area contributed by atoms with Crippen molar-refractivity contribution in [2.24, 2.45) is 0 Å². The van der Waals surface area contributed by atoms with Crippen LogP contribution in [-0.4, -0.2) is 28.9 Å². The third-order valence-electron chi connectivity index (χ3n) is 5.04. The number of aromatic nitrogens is 2. The van der Waals surface area contributed by atoms with E-state index in [4.69, 9.17) is 0 Å². The van der Waals surface area contributed by atoms with E-state index in [2.05, 4.69) is 20.4 Å². The molecule has 0 fully saturated rings. The molecule has 0 saturated heterocycles. The molecule has 0 aliphatic heterocycles. The smallest absolute Gasteiger partial charge is 0.405 e. The van der Waals surface area contributed by atoms with E-state index in [0.29, 0.717) is 17.8 Å². The lowest BCUT2D eigenvalue weighted by Gasteiger charge is -2.15. The van der Waals surface area contributed by atoms with E-state index >= 15 is 0 Å². The van der Waals surface area contributed by atoms with E-state index in [-0.39, 0.29) is 30.3 Å². The van der Waals surface area contributed by atoms with Crippen LogP contribution < -0.4 is 15.4 Å². The summed E-state index contributed by atoms with van der Waals surface area (Å²) in [5, 5.41) is 7.48. The molecular weight excluding hydrogens is 421 g/mol. The Morgan fingerprint density at radius 2 is 1.84 bits per heavy atom. The largest absolute Gasteiger partial charge is 0.573 e. The molecule has 0 spiro atoms. The van der Waals surface area contributed by atoms with Gasteiger partial charge in [-0.1, -0.05) is 30.3 Å². The summed E-state index contributed by atoms with van der Waals surface area (Å²) in [6, 6.07) is 16.0. The molecule has 166 valence electrons. The van der Waals surface area contributed by atoms with Crippen LogP contribution in [0.5, 0.6) is 5.75 Å². The first kappa shape index (κ1) is 21.6. The van der Waals surface area contributed by atoms with Crippen molar-refractivity contribution in [3.8, 4) is 5.75 Å². The van der Waals surface area contributed by atoms with Gasteiger partial charge in [0.15, 0.2) is 0 Å². The molecule has 1 amide bonds. The monoisotopic (exact) mass is 442 g/mol. The molecule has 0 aliphatic carbocycles. The number of nitrogens with one attached hydrogen (secondary N) is 2. The van der Waals surface area contributed by atoms with Crippen LogP contribution in [0.25, 0.3) is 21.9 Å². The molecule has 0 saturated carbocycles. The van der Waals surface area contributed by atoms with Crippen LogP contribution in [0.15, 0.2) is 60.8 Å². The molecular formula is C23H21F3N4O2. The third kappa shape index (κ3) is 4.67. The Bertz CT molecular complexity index is 1210. The van der Waals surface area contributed by atoms with E-state index in [0.717, 1.165) is 16.3 Å². The number of pyridine rings is 1. The second-order valence-electron chi connectivity index (χ2n) is 7.27. The van der Waals surface area contributed by atoms with Crippen molar-refractivity contribution >= 4 is 27.8 Å². The average Bonchev–Trinajstić information content (AvgIpc) is 3.06. The number of hydrogen-bond donors (Lipinski definition) is 2. The van der Waals surface area contributed by atoms with Gasteiger partial charge in [-0.3, -0.25) is 4.79 Å². The number of ether oxygens (including phenoxy) is 1. The quantitative estimate of drug-likeness (QED) is 0.452. The topological polar surface area (TPSA) is 68.2 Å². The van der Waals surface area contributed by atoms with E-state index in [1.165, 1.54) is 12.1 Å². The molecule has 2 heterocycles. The number of halogens is 3. The molecule has 0 atom stereocenters. The van der Waals surface area contributed by atoms with Crippen molar-refractivity contribution in [1.29, 1.82) is 0 Å². The first-order valence-corrected chi connectivity index (χ1v) is 9.96. The summed E-state index contributed by atoms with van der Waals surface area (Å²) in [7, 11) is 1.70. The fourth-order valence-corrected chi connectivity index (χ4v) is 3.71. The lowest BCUT2D eigenvalue weighted by atomic mass is 10.1. The standard InChI is InChI=1S/C23H21F3N4O2/c1-27-12-15-8-9-16(20(11-15)32-23(24,25)26)13-29-21(31)14-30-19-7-3-2-5-17(19)18-6-4-10-28-22(18)30/h2-11,27H,12-14H2,1H3,(H,29,31). The zero-order valence-electron chi connectivity index (χ0n) is 17.2. The van der Waals surface area contributed by atoms with Crippen molar-refractivity contribution < 1.29 is 22.7 Å². The van der Waals surface area contributed by atoms with Crippen molar-refractivity contribution in [2.75, 3.05) is 7.05 Å². The predicted octanol–water partition coefficient (Wildman–Crippen LogP) is 4.12. The SMILES string of the molecule is CNCc1ccc(CNC(=O)Cn2c3ccccc3c3cccnc32)c(OC(F)(F)F)c1. The van der Waals surface area contributed by atoms with Gasteiger partial charge in [-0.2, -0.15) is 0 Å². The molecule has 32 heavy (non-hydrogen) atoms. The number of amides is 1. The van der Waals surface area contributed by atoms with Gasteiger partial charge in [0.25, 0.3) is 0 Å². The van der Waals surface area contributed by atoms with Gasteiger partial charge in [0.2, 0.25) is 5.91 Å². The lowest BCUT2D eigenvalue weighted by molar-refractivity contribution is -0.274.